The van der Waals surface area contributed by atoms with Gasteiger partial charge in [-0.25, -0.2) is 4.98 Å². The molecule has 5 rings (SSSR count). The Morgan fingerprint density at radius 1 is 1.09 bits per heavy atom. The second kappa shape index (κ2) is 10.3. The molecule has 1 saturated heterocycles. The summed E-state index contributed by atoms with van der Waals surface area (Å²) in [6.07, 6.45) is 1.91. The number of halogens is 1. The predicted molar refractivity (Wildman–Crippen MR) is 146 cm³/mol. The number of nitrogens with one attached hydrogen (secondary N) is 1. The highest BCUT2D eigenvalue weighted by molar-refractivity contribution is 9.10. The van der Waals surface area contributed by atoms with Gasteiger partial charge in [-0.15, -0.1) is 0 Å². The number of amides is 1. The fourth-order valence-electron chi connectivity index (χ4n) is 5.05. The predicted octanol–water partition coefficient (Wildman–Crippen LogP) is 6.76. The molecular weight excluding hydrogens is 500 g/mol. The van der Waals surface area contributed by atoms with Crippen LogP contribution in [0.1, 0.15) is 44.0 Å². The minimum Gasteiger partial charge on any atom is -0.326 e. The van der Waals surface area contributed by atoms with Gasteiger partial charge in [0.2, 0.25) is 5.91 Å². The summed E-state index contributed by atoms with van der Waals surface area (Å²) >= 11 is 3.61. The smallest absolute Gasteiger partial charge is 0.228 e. The zero-order valence-electron chi connectivity index (χ0n) is 20.2. The van der Waals surface area contributed by atoms with Gasteiger partial charge in [0.15, 0.2) is 0 Å². The molecule has 2 heterocycles. The number of piperidine rings is 1. The first-order chi connectivity index (χ1) is 17.0. The summed E-state index contributed by atoms with van der Waals surface area (Å²) in [4.78, 5) is 20.6. The van der Waals surface area contributed by atoms with Crippen molar-refractivity contribution in [2.75, 3.05) is 18.4 Å². The zero-order chi connectivity index (χ0) is 24.4. The quantitative estimate of drug-likeness (QED) is 0.299. The third-order valence-electron chi connectivity index (χ3n) is 6.78. The Morgan fingerprint density at radius 3 is 2.71 bits per heavy atom. The number of nitrogens with zero attached hydrogens (tertiary/aromatic N) is 3. The van der Waals surface area contributed by atoms with E-state index in [0.29, 0.717) is 12.5 Å². The van der Waals surface area contributed by atoms with Gasteiger partial charge < -0.3 is 5.32 Å². The number of benzene rings is 3. The van der Waals surface area contributed by atoms with E-state index in [1.165, 1.54) is 5.56 Å². The van der Waals surface area contributed by atoms with E-state index < -0.39 is 0 Å². The first-order valence-electron chi connectivity index (χ1n) is 12.3. The molecule has 0 aliphatic carbocycles. The van der Waals surface area contributed by atoms with Crippen LogP contribution >= 0.6 is 15.9 Å². The summed E-state index contributed by atoms with van der Waals surface area (Å²) in [5, 5.41) is 3.22. The maximum atomic E-state index is 13.2. The number of carbonyl (C=O) groups excluding carboxylic acids is 1. The molecule has 1 aliphatic heterocycles. The van der Waals surface area contributed by atoms with E-state index in [4.69, 9.17) is 4.98 Å². The number of fused-ring (bicyclic) bond motifs is 1. The number of para-hydroxylation sites is 3. The van der Waals surface area contributed by atoms with Crippen molar-refractivity contribution in [2.45, 2.75) is 39.2 Å². The van der Waals surface area contributed by atoms with Crippen LogP contribution in [0.25, 0.3) is 16.7 Å². The van der Waals surface area contributed by atoms with Gasteiger partial charge in [-0.05, 0) is 67.3 Å². The lowest BCUT2D eigenvalue weighted by Gasteiger charge is -2.32. The highest BCUT2D eigenvalue weighted by Gasteiger charge is 2.27. The van der Waals surface area contributed by atoms with Crippen molar-refractivity contribution in [2.24, 2.45) is 5.92 Å². The molecule has 0 saturated carbocycles. The molecule has 1 aromatic heterocycles. The molecule has 35 heavy (non-hydrogen) atoms. The topological polar surface area (TPSA) is 50.2 Å². The molecule has 6 heteroatoms. The van der Waals surface area contributed by atoms with Crippen LogP contribution in [-0.4, -0.2) is 33.4 Å². The molecule has 1 atom stereocenters. The average molecular weight is 531 g/mol. The van der Waals surface area contributed by atoms with Crippen molar-refractivity contribution in [1.29, 1.82) is 0 Å². The van der Waals surface area contributed by atoms with Crippen LogP contribution in [0.4, 0.5) is 5.69 Å². The van der Waals surface area contributed by atoms with E-state index in [-0.39, 0.29) is 11.8 Å². The van der Waals surface area contributed by atoms with Crippen molar-refractivity contribution in [3.05, 3.63) is 88.7 Å². The van der Waals surface area contributed by atoms with Crippen molar-refractivity contribution in [3.63, 3.8) is 0 Å². The van der Waals surface area contributed by atoms with E-state index in [1.807, 2.05) is 36.4 Å². The molecule has 1 amide bonds. The van der Waals surface area contributed by atoms with Crippen molar-refractivity contribution >= 4 is 38.6 Å². The number of carbonyl (C=O) groups is 1. The van der Waals surface area contributed by atoms with E-state index in [2.05, 4.69) is 81.0 Å². The van der Waals surface area contributed by atoms with Crippen LogP contribution < -0.4 is 5.32 Å². The van der Waals surface area contributed by atoms with Crippen molar-refractivity contribution in [1.82, 2.24) is 14.5 Å². The summed E-state index contributed by atoms with van der Waals surface area (Å²) in [5.74, 6) is 1.44. The third kappa shape index (κ3) is 5.19. The second-order valence-electron chi connectivity index (χ2n) is 9.64. The largest absolute Gasteiger partial charge is 0.326 e. The minimum absolute atomic E-state index is 0.0346. The minimum atomic E-state index is -0.0346. The van der Waals surface area contributed by atoms with Crippen molar-refractivity contribution < 1.29 is 4.79 Å². The van der Waals surface area contributed by atoms with Crippen LogP contribution in [0.3, 0.4) is 0 Å². The SMILES string of the molecule is CC(C)c1ccccc1NC(=O)[C@H]1CCCN(Cc2nc3ccccc3n2-c2cccc(Br)c2)C1. The van der Waals surface area contributed by atoms with Crippen molar-refractivity contribution in [3.8, 4) is 5.69 Å². The molecule has 0 spiro atoms. The van der Waals surface area contributed by atoms with Gasteiger partial charge in [0, 0.05) is 22.4 Å². The molecule has 180 valence electrons. The Hall–Kier alpha value is -2.96. The number of likely N-dealkylation sites (tertiary alicyclic amines) is 1. The number of aromatic nitrogens is 2. The number of hydrogen-bond acceptors (Lipinski definition) is 3. The van der Waals surface area contributed by atoms with Gasteiger partial charge in [0.1, 0.15) is 5.82 Å². The Balaban J connectivity index is 1.37. The monoisotopic (exact) mass is 530 g/mol. The lowest BCUT2D eigenvalue weighted by atomic mass is 9.96. The van der Waals surface area contributed by atoms with E-state index in [9.17, 15) is 4.79 Å². The zero-order valence-corrected chi connectivity index (χ0v) is 21.8. The van der Waals surface area contributed by atoms with Gasteiger partial charge in [-0.2, -0.15) is 0 Å². The normalized spacial score (nSPS) is 16.6. The maximum absolute atomic E-state index is 13.2. The molecule has 1 fully saturated rings. The maximum Gasteiger partial charge on any atom is 0.228 e. The highest BCUT2D eigenvalue weighted by Crippen LogP contribution is 2.28. The average Bonchev–Trinajstić information content (AvgIpc) is 3.22. The molecule has 0 radical (unpaired) electrons. The van der Waals surface area contributed by atoms with Gasteiger partial charge in [0.05, 0.1) is 23.5 Å². The van der Waals surface area contributed by atoms with Gasteiger partial charge in [0.25, 0.3) is 0 Å². The Morgan fingerprint density at radius 2 is 1.89 bits per heavy atom. The van der Waals surface area contributed by atoms with E-state index in [1.54, 1.807) is 0 Å². The summed E-state index contributed by atoms with van der Waals surface area (Å²) in [5.41, 5.74) is 5.27. The molecule has 4 aromatic rings. The van der Waals surface area contributed by atoms with Crippen LogP contribution in [-0.2, 0) is 11.3 Å². The fourth-order valence-corrected chi connectivity index (χ4v) is 5.43. The van der Waals surface area contributed by atoms with Gasteiger partial charge >= 0.3 is 0 Å². The molecule has 5 nitrogen and oxygen atoms in total. The molecule has 3 aromatic carbocycles. The first kappa shape index (κ1) is 23.8. The van der Waals surface area contributed by atoms with Gasteiger partial charge in [-0.3, -0.25) is 14.3 Å². The summed E-state index contributed by atoms with van der Waals surface area (Å²) in [6.45, 7) is 6.72. The van der Waals surface area contributed by atoms with E-state index >= 15 is 0 Å². The fraction of sp³-hybridized carbons (Fsp3) is 0.310. The number of hydrogen-bond donors (Lipinski definition) is 1. The molecule has 0 unspecified atom stereocenters. The summed E-state index contributed by atoms with van der Waals surface area (Å²) in [7, 11) is 0. The Bertz CT molecular complexity index is 1350. The highest BCUT2D eigenvalue weighted by atomic mass is 79.9. The lowest BCUT2D eigenvalue weighted by Crippen LogP contribution is -2.40. The molecule has 1 N–H and O–H groups in total. The molecule has 1 aliphatic rings. The second-order valence-corrected chi connectivity index (χ2v) is 10.6. The standard InChI is InChI=1S/C29H31BrN4O/c1-20(2)24-12-3-4-13-25(24)32-29(35)21-9-8-16-33(18-21)19-28-31-26-14-5-6-15-27(26)34(28)23-11-7-10-22(30)17-23/h3-7,10-15,17,20-21H,8-9,16,18-19H2,1-2H3,(H,32,35)/t21-/m0/s1. The van der Waals surface area contributed by atoms with Crippen LogP contribution in [0.5, 0.6) is 0 Å². The Labute approximate surface area is 215 Å². The lowest BCUT2D eigenvalue weighted by molar-refractivity contribution is -0.121. The Kier molecular flexibility index (Phi) is 7.02. The van der Waals surface area contributed by atoms with Crippen LogP contribution in [0.2, 0.25) is 0 Å². The van der Waals surface area contributed by atoms with Crippen LogP contribution in [0.15, 0.2) is 77.3 Å². The summed E-state index contributed by atoms with van der Waals surface area (Å²) in [6, 6.07) is 24.7. The number of rotatable bonds is 6. The third-order valence-corrected chi connectivity index (χ3v) is 7.27. The van der Waals surface area contributed by atoms with Gasteiger partial charge in [-0.1, -0.05) is 66.2 Å². The first-order valence-corrected chi connectivity index (χ1v) is 13.1. The van der Waals surface area contributed by atoms with E-state index in [0.717, 1.165) is 58.6 Å². The number of anilines is 1. The molecule has 0 bridgehead atoms. The van der Waals surface area contributed by atoms with Crippen LogP contribution in [0, 0.1) is 5.92 Å². The summed E-state index contributed by atoms with van der Waals surface area (Å²) < 4.78 is 3.28. The number of imidazole rings is 1. The molecular formula is C29H31BrN4O.